The van der Waals surface area contributed by atoms with E-state index in [1.165, 1.54) is 0 Å². The van der Waals surface area contributed by atoms with Gasteiger partial charge in [-0.25, -0.2) is 4.39 Å². The van der Waals surface area contributed by atoms with Crippen molar-refractivity contribution in [1.29, 1.82) is 5.26 Å². The molecule has 0 spiro atoms. The molecule has 2 nitrogen and oxygen atoms in total. The van der Waals surface area contributed by atoms with E-state index in [4.69, 9.17) is 10.00 Å². The standard InChI is InChI=1S/C9H8FNO/c10-5-6-12-9-3-1-8(7-11)2-4-9/h1-4H,5-6H2. The van der Waals surface area contributed by atoms with Crippen LogP contribution in [0.1, 0.15) is 5.56 Å². The van der Waals surface area contributed by atoms with Gasteiger partial charge in [0.1, 0.15) is 19.0 Å². The van der Waals surface area contributed by atoms with Crippen LogP contribution in [-0.2, 0) is 0 Å². The quantitative estimate of drug-likeness (QED) is 0.685. The summed E-state index contributed by atoms with van der Waals surface area (Å²) in [5.41, 5.74) is 0.572. The fourth-order valence-electron chi connectivity index (χ4n) is 0.782. The summed E-state index contributed by atoms with van der Waals surface area (Å²) in [5, 5.41) is 8.45. The van der Waals surface area contributed by atoms with Crippen LogP contribution in [0.4, 0.5) is 4.39 Å². The lowest BCUT2D eigenvalue weighted by Gasteiger charge is -2.01. The Morgan fingerprint density at radius 3 is 2.50 bits per heavy atom. The minimum Gasteiger partial charge on any atom is -0.491 e. The zero-order chi connectivity index (χ0) is 8.81. The number of benzene rings is 1. The van der Waals surface area contributed by atoms with Crippen LogP contribution in [0.2, 0.25) is 0 Å². The van der Waals surface area contributed by atoms with Gasteiger partial charge in [-0.1, -0.05) is 0 Å². The molecular weight excluding hydrogens is 157 g/mol. The van der Waals surface area contributed by atoms with Crippen LogP contribution in [0, 0.1) is 11.3 Å². The smallest absolute Gasteiger partial charge is 0.123 e. The van der Waals surface area contributed by atoms with E-state index >= 15 is 0 Å². The van der Waals surface area contributed by atoms with E-state index < -0.39 is 6.67 Å². The molecule has 0 fully saturated rings. The molecule has 0 aromatic heterocycles. The Balaban J connectivity index is 2.60. The summed E-state index contributed by atoms with van der Waals surface area (Å²) < 4.78 is 16.6. The third-order valence-electron chi connectivity index (χ3n) is 1.33. The topological polar surface area (TPSA) is 33.0 Å². The highest BCUT2D eigenvalue weighted by Crippen LogP contribution is 2.10. The van der Waals surface area contributed by atoms with E-state index in [1.807, 2.05) is 6.07 Å². The van der Waals surface area contributed by atoms with E-state index in [-0.39, 0.29) is 6.61 Å². The summed E-state index contributed by atoms with van der Waals surface area (Å²) in [6.45, 7) is -0.439. The van der Waals surface area contributed by atoms with Crippen molar-refractivity contribution < 1.29 is 9.13 Å². The molecule has 0 saturated heterocycles. The number of rotatable bonds is 3. The first-order valence-corrected chi connectivity index (χ1v) is 3.56. The van der Waals surface area contributed by atoms with Gasteiger partial charge in [-0.15, -0.1) is 0 Å². The molecule has 0 unspecified atom stereocenters. The second-order valence-corrected chi connectivity index (χ2v) is 2.17. The van der Waals surface area contributed by atoms with Gasteiger partial charge in [-0.3, -0.25) is 0 Å². The van der Waals surface area contributed by atoms with Gasteiger partial charge >= 0.3 is 0 Å². The Morgan fingerprint density at radius 1 is 1.33 bits per heavy atom. The molecule has 0 amide bonds. The minimum absolute atomic E-state index is 0.0614. The normalized spacial score (nSPS) is 9.00. The first-order chi connectivity index (χ1) is 5.86. The number of hydrogen-bond acceptors (Lipinski definition) is 2. The summed E-state index contributed by atoms with van der Waals surface area (Å²) in [6, 6.07) is 8.54. The van der Waals surface area contributed by atoms with Crippen molar-refractivity contribution in [2.75, 3.05) is 13.3 Å². The van der Waals surface area contributed by atoms with Crippen molar-refractivity contribution in [3.8, 4) is 11.8 Å². The lowest BCUT2D eigenvalue weighted by atomic mass is 10.2. The van der Waals surface area contributed by atoms with Crippen molar-refractivity contribution in [3.63, 3.8) is 0 Å². The molecule has 0 aliphatic heterocycles. The van der Waals surface area contributed by atoms with Crippen LogP contribution >= 0.6 is 0 Å². The van der Waals surface area contributed by atoms with Crippen LogP contribution < -0.4 is 4.74 Å². The fourth-order valence-corrected chi connectivity index (χ4v) is 0.782. The molecule has 1 aromatic carbocycles. The lowest BCUT2D eigenvalue weighted by molar-refractivity contribution is 0.273. The Kier molecular flexibility index (Phi) is 3.09. The average molecular weight is 165 g/mol. The number of halogens is 1. The fraction of sp³-hybridized carbons (Fsp3) is 0.222. The van der Waals surface area contributed by atoms with E-state index in [9.17, 15) is 4.39 Å². The highest BCUT2D eigenvalue weighted by molar-refractivity contribution is 5.34. The molecule has 0 aliphatic carbocycles. The summed E-state index contributed by atoms with van der Waals surface area (Å²) in [4.78, 5) is 0. The van der Waals surface area contributed by atoms with E-state index in [1.54, 1.807) is 24.3 Å². The number of hydrogen-bond donors (Lipinski definition) is 0. The van der Waals surface area contributed by atoms with Gasteiger partial charge in [0.25, 0.3) is 0 Å². The summed E-state index contributed by atoms with van der Waals surface area (Å²) in [7, 11) is 0. The minimum atomic E-state index is -0.500. The molecule has 0 aliphatic rings. The predicted octanol–water partition coefficient (Wildman–Crippen LogP) is 1.91. The van der Waals surface area contributed by atoms with Gasteiger partial charge in [0, 0.05) is 0 Å². The highest BCUT2D eigenvalue weighted by atomic mass is 19.1. The molecule has 1 aromatic rings. The maximum absolute atomic E-state index is 11.6. The molecular formula is C9H8FNO. The zero-order valence-corrected chi connectivity index (χ0v) is 6.46. The lowest BCUT2D eigenvalue weighted by Crippen LogP contribution is -1.98. The molecule has 62 valence electrons. The average Bonchev–Trinajstić information content (AvgIpc) is 2.15. The largest absolute Gasteiger partial charge is 0.491 e. The molecule has 0 atom stereocenters. The Bertz CT molecular complexity index is 276. The SMILES string of the molecule is N#Cc1ccc(OCCF)cc1. The van der Waals surface area contributed by atoms with Crippen molar-refractivity contribution in [1.82, 2.24) is 0 Å². The van der Waals surface area contributed by atoms with Crippen molar-refractivity contribution in [2.24, 2.45) is 0 Å². The summed E-state index contributed by atoms with van der Waals surface area (Å²) in [5.74, 6) is 0.589. The maximum Gasteiger partial charge on any atom is 0.123 e. The van der Waals surface area contributed by atoms with E-state index in [0.29, 0.717) is 11.3 Å². The first-order valence-electron chi connectivity index (χ1n) is 3.56. The molecule has 0 heterocycles. The second-order valence-electron chi connectivity index (χ2n) is 2.17. The van der Waals surface area contributed by atoms with Crippen LogP contribution in [0.5, 0.6) is 5.75 Å². The van der Waals surface area contributed by atoms with Crippen LogP contribution in [0.3, 0.4) is 0 Å². The van der Waals surface area contributed by atoms with Gasteiger partial charge < -0.3 is 4.74 Å². The molecule has 0 radical (unpaired) electrons. The van der Waals surface area contributed by atoms with Gasteiger partial charge in [0.05, 0.1) is 11.6 Å². The third-order valence-corrected chi connectivity index (χ3v) is 1.33. The van der Waals surface area contributed by atoms with Gasteiger partial charge in [0.2, 0.25) is 0 Å². The summed E-state index contributed by atoms with van der Waals surface area (Å²) in [6.07, 6.45) is 0. The van der Waals surface area contributed by atoms with Gasteiger partial charge in [-0.2, -0.15) is 5.26 Å². The van der Waals surface area contributed by atoms with Crippen molar-refractivity contribution in [2.45, 2.75) is 0 Å². The number of nitriles is 1. The highest BCUT2D eigenvalue weighted by Gasteiger charge is 1.93. The van der Waals surface area contributed by atoms with Crippen LogP contribution in [-0.4, -0.2) is 13.3 Å². The van der Waals surface area contributed by atoms with E-state index in [2.05, 4.69) is 0 Å². The second kappa shape index (κ2) is 4.35. The molecule has 1 rings (SSSR count). The monoisotopic (exact) mass is 165 g/mol. The first kappa shape index (κ1) is 8.54. The summed E-state index contributed by atoms with van der Waals surface area (Å²) >= 11 is 0. The van der Waals surface area contributed by atoms with Crippen molar-refractivity contribution in [3.05, 3.63) is 29.8 Å². The Morgan fingerprint density at radius 2 is 2.00 bits per heavy atom. The van der Waals surface area contributed by atoms with Crippen LogP contribution in [0.15, 0.2) is 24.3 Å². The molecule has 12 heavy (non-hydrogen) atoms. The zero-order valence-electron chi connectivity index (χ0n) is 6.46. The number of ether oxygens (including phenoxy) is 1. The van der Waals surface area contributed by atoms with Gasteiger partial charge in [-0.05, 0) is 24.3 Å². The Labute approximate surface area is 70.2 Å². The number of nitrogens with zero attached hydrogens (tertiary/aromatic N) is 1. The molecule has 0 N–H and O–H groups in total. The maximum atomic E-state index is 11.6. The van der Waals surface area contributed by atoms with E-state index in [0.717, 1.165) is 0 Å². The predicted molar refractivity (Wildman–Crippen MR) is 42.6 cm³/mol. The van der Waals surface area contributed by atoms with Crippen LogP contribution in [0.25, 0.3) is 0 Å². The Hall–Kier alpha value is -1.56. The van der Waals surface area contributed by atoms with Gasteiger partial charge in [0.15, 0.2) is 0 Å². The third kappa shape index (κ3) is 2.24. The molecule has 0 bridgehead atoms. The molecule has 3 heteroatoms. The molecule has 0 saturated carbocycles. The van der Waals surface area contributed by atoms with Crippen molar-refractivity contribution >= 4 is 0 Å². The number of alkyl halides is 1.